The lowest BCUT2D eigenvalue weighted by atomic mass is 9.47. The zero-order chi connectivity index (χ0) is 61.5. The van der Waals surface area contributed by atoms with E-state index in [4.69, 9.17) is 22.7 Å². The molecule has 21 heteroatoms. The second-order valence-corrected chi connectivity index (χ2v) is 25.5. The van der Waals surface area contributed by atoms with Crippen LogP contribution >= 0.6 is 12.2 Å². The van der Waals surface area contributed by atoms with Crippen molar-refractivity contribution in [2.75, 3.05) is 27.9 Å². The first kappa shape index (κ1) is 62.4. The number of alkyl halides is 3. The van der Waals surface area contributed by atoms with Gasteiger partial charge >= 0.3 is 6.18 Å². The van der Waals surface area contributed by atoms with E-state index in [1.54, 1.807) is 24.1 Å². The normalized spacial score (nSPS) is 23.9. The van der Waals surface area contributed by atoms with Crippen LogP contribution in [-0.2, 0) is 25.6 Å². The van der Waals surface area contributed by atoms with Gasteiger partial charge in [-0.2, -0.15) is 23.7 Å². The number of hydrogen-bond donors (Lipinski definition) is 4. The zero-order valence-corrected chi connectivity index (χ0v) is 48.9. The molecule has 2 heterocycles. The summed E-state index contributed by atoms with van der Waals surface area (Å²) >= 11 is 5.38. The highest BCUT2D eigenvalue weighted by Crippen LogP contribution is 2.66. The predicted molar refractivity (Wildman–Crippen MR) is 311 cm³/mol. The molecule has 2 saturated carbocycles. The van der Waals surface area contributed by atoms with Crippen molar-refractivity contribution >= 4 is 67.5 Å². The highest BCUT2D eigenvalue weighted by Gasteiger charge is 2.57. The number of thiocarbonyl (C=S) groups is 1. The molecule has 0 spiro atoms. The number of benzene rings is 4. The number of pyridine rings is 1. The maximum Gasteiger partial charge on any atom is 0.417 e. The third kappa shape index (κ3) is 12.1. The van der Waals surface area contributed by atoms with E-state index in [2.05, 4.69) is 53.7 Å². The van der Waals surface area contributed by atoms with Crippen LogP contribution in [0.2, 0.25) is 0 Å². The van der Waals surface area contributed by atoms with Crippen LogP contribution in [0.5, 0.6) is 0 Å². The third-order valence-electron chi connectivity index (χ3n) is 17.4. The molecule has 440 valence electrons. The van der Waals surface area contributed by atoms with Crippen molar-refractivity contribution in [1.82, 2.24) is 10.3 Å². The summed E-state index contributed by atoms with van der Waals surface area (Å²) in [6.45, 7) is 10.8. The highest BCUT2D eigenvalue weighted by atomic mass is 32.2. The van der Waals surface area contributed by atoms with Gasteiger partial charge in [-0.3, -0.25) is 24.3 Å². The van der Waals surface area contributed by atoms with Crippen LogP contribution in [0.15, 0.2) is 126 Å². The van der Waals surface area contributed by atoms with E-state index in [9.17, 15) is 55.0 Å². The maximum atomic E-state index is 14.5. The van der Waals surface area contributed by atoms with Gasteiger partial charge < -0.3 is 25.7 Å². The minimum Gasteiger partial charge on any atom is -0.393 e. The number of nitrogens with zero attached hydrogens (tertiary/aromatic N) is 5. The molecule has 1 aromatic heterocycles. The van der Waals surface area contributed by atoms with Crippen LogP contribution in [0.4, 0.5) is 39.0 Å². The average Bonchev–Trinajstić information content (AvgIpc) is 3.32. The van der Waals surface area contributed by atoms with E-state index in [0.717, 1.165) is 78.8 Å². The number of anilines is 3. The third-order valence-corrected chi connectivity index (χ3v) is 19.7. The van der Waals surface area contributed by atoms with Gasteiger partial charge in [0, 0.05) is 30.8 Å². The Balaban J connectivity index is 0.000000165. The van der Waals surface area contributed by atoms with Crippen molar-refractivity contribution in [1.29, 1.82) is 10.5 Å². The zero-order valence-electron chi connectivity index (χ0n) is 47.3. The number of aliphatic hydroxyl groups excluding tert-OH is 1. The van der Waals surface area contributed by atoms with Gasteiger partial charge in [0.1, 0.15) is 17.2 Å². The molecule has 0 radical (unpaired) electrons. The van der Waals surface area contributed by atoms with Crippen LogP contribution < -0.4 is 20.4 Å². The van der Waals surface area contributed by atoms with Crippen molar-refractivity contribution < 1.29 is 55.0 Å². The fourth-order valence-corrected chi connectivity index (χ4v) is 15.0. The molecule has 1 saturated heterocycles. The van der Waals surface area contributed by atoms with Crippen molar-refractivity contribution in [3.63, 3.8) is 0 Å². The molecule has 14 nitrogen and oxygen atoms in total. The number of sulfone groups is 1. The number of hydrogen-bond acceptors (Lipinski definition) is 11. The summed E-state index contributed by atoms with van der Waals surface area (Å²) in [4.78, 5) is 43.6. The van der Waals surface area contributed by atoms with Crippen LogP contribution in [0.1, 0.15) is 118 Å². The van der Waals surface area contributed by atoms with Crippen LogP contribution in [0.25, 0.3) is 5.57 Å². The maximum absolute atomic E-state index is 14.5. The number of aliphatic hydroxyl groups is 2. The van der Waals surface area contributed by atoms with E-state index in [1.165, 1.54) is 99.9 Å². The minimum atomic E-state index is -4.82. The standard InChI is InChI=1S/C24H31NO.C21H16F4N4O2S.C18H17FN2O4S/c1-23-11-9-18(26)14-17(23)5-6-19-21-8-7-20(16-4-3-13-25-15-16)24(21,2)12-10-22(19)23;1-20(2)18(31)28(12-5-4-11(10-26)15(8-12)21(23,24)25)19(32)29(20)13-6-7-14(16(22)9-13)17(30)27-3;1-12-9-15(6-3-13(12)10-20)21-17(22)18(2,23)11-26(24,25)16-7-4-14(19)5-8-16/h3-5,7,13,15,18-19,21-22,26H,6,8-12,14H2,1-2H3;4-9H,1-3H3,(H,27,30);3-9,23H,11H2,1-2H3,(H,21,22)/t18-,19-,21-,22-,23-,24+;;/m0../s1. The molecular weight excluding hydrogens is 1130 g/mol. The fourth-order valence-electron chi connectivity index (χ4n) is 12.9. The van der Waals surface area contributed by atoms with Gasteiger partial charge in [0.15, 0.2) is 20.6 Å². The first-order chi connectivity index (χ1) is 39.4. The van der Waals surface area contributed by atoms with Gasteiger partial charge in [0.2, 0.25) is 0 Å². The predicted octanol–water partition coefficient (Wildman–Crippen LogP) is 11.6. The van der Waals surface area contributed by atoms with E-state index in [1.807, 2.05) is 18.5 Å². The molecule has 84 heavy (non-hydrogen) atoms. The Hall–Kier alpha value is -7.69. The number of fused-ring (bicyclic) bond motifs is 5. The van der Waals surface area contributed by atoms with Crippen molar-refractivity contribution in [3.8, 4) is 12.1 Å². The molecule has 5 aromatic rings. The van der Waals surface area contributed by atoms with E-state index in [0.29, 0.717) is 33.7 Å². The van der Waals surface area contributed by atoms with E-state index in [-0.39, 0.29) is 33.1 Å². The number of amides is 3. The Morgan fingerprint density at radius 2 is 1.54 bits per heavy atom. The fraction of sp³-hybridized carbons (Fsp3) is 0.381. The first-order valence-corrected chi connectivity index (χ1v) is 29.3. The number of nitrogens with one attached hydrogen (secondary N) is 2. The number of nitriles is 2. The topological polar surface area (TPSA) is 217 Å². The second-order valence-electron chi connectivity index (χ2n) is 23.2. The molecule has 3 amide bonds. The molecule has 3 fully saturated rings. The molecule has 4 aromatic carbocycles. The Bertz CT molecular complexity index is 3690. The van der Waals surface area contributed by atoms with Crippen molar-refractivity contribution in [3.05, 3.63) is 166 Å². The summed E-state index contributed by atoms with van der Waals surface area (Å²) in [5, 5.41) is 43.0. The molecule has 4 N–H and O–H groups in total. The van der Waals surface area contributed by atoms with Gasteiger partial charge in [-0.15, -0.1) is 0 Å². The molecule has 7 atom stereocenters. The lowest BCUT2D eigenvalue weighted by molar-refractivity contribution is -0.137. The number of rotatable bonds is 9. The molecule has 1 unspecified atom stereocenters. The number of carbonyl (C=O) groups is 3. The second kappa shape index (κ2) is 23.8. The van der Waals surface area contributed by atoms with Gasteiger partial charge in [-0.25, -0.2) is 17.2 Å². The summed E-state index contributed by atoms with van der Waals surface area (Å²) in [6, 6.07) is 22.9. The Morgan fingerprint density at radius 1 is 0.869 bits per heavy atom. The molecule has 5 aliphatic rings. The van der Waals surface area contributed by atoms with Gasteiger partial charge in [-0.1, -0.05) is 37.6 Å². The summed E-state index contributed by atoms with van der Waals surface area (Å²) in [5.74, 6) is -2.16. The molecule has 0 bridgehead atoms. The quantitative estimate of drug-likeness (QED) is 0.0469. The summed E-state index contributed by atoms with van der Waals surface area (Å²) < 4.78 is 92.4. The summed E-state index contributed by atoms with van der Waals surface area (Å²) in [6.07, 6.45) is 12.2. The SMILES string of the molecule is CNC(=O)c1ccc(N2C(=S)N(c3ccc(C#N)c(C(F)(F)F)c3)C(=O)C2(C)C)cc1F.C[C@]12CC[C@H](O)CC1=CC[C@@H]1[C@@H]2CC[C@]2(C)C(c3cccnc3)=CC[C@@H]12.Cc1cc(NC(=O)C(C)(O)CS(=O)(=O)c2ccc(F)cc2)ccc1C#N. The molecule has 1 aliphatic heterocycles. The average molecular weight is 1190 g/mol. The summed E-state index contributed by atoms with van der Waals surface area (Å²) in [7, 11) is -2.67. The largest absolute Gasteiger partial charge is 0.417 e. The summed E-state index contributed by atoms with van der Waals surface area (Å²) in [5.41, 5.74) is 0.845. The first-order valence-electron chi connectivity index (χ1n) is 27.2. The Kier molecular flexibility index (Phi) is 17.6. The van der Waals surface area contributed by atoms with Crippen molar-refractivity contribution in [2.24, 2.45) is 28.6 Å². The smallest absolute Gasteiger partial charge is 0.393 e. The van der Waals surface area contributed by atoms with Crippen LogP contribution in [0, 0.1) is 69.8 Å². The van der Waals surface area contributed by atoms with E-state index < -0.39 is 73.4 Å². The van der Waals surface area contributed by atoms with Gasteiger partial charge in [0.05, 0.1) is 56.8 Å². The number of carbonyl (C=O) groups excluding carboxylic acids is 3. The molecule has 4 aliphatic carbocycles. The van der Waals surface area contributed by atoms with Crippen molar-refractivity contribution in [2.45, 2.75) is 115 Å². The number of aryl methyl sites for hydroxylation is 1. The minimum absolute atomic E-state index is 0.106. The van der Waals surface area contributed by atoms with E-state index >= 15 is 0 Å². The van der Waals surface area contributed by atoms with Crippen LogP contribution in [-0.4, -0.2) is 76.5 Å². The highest BCUT2D eigenvalue weighted by molar-refractivity contribution is 7.91. The van der Waals surface area contributed by atoms with Gasteiger partial charge in [-0.05, 0) is 215 Å². The number of halogens is 5. The Labute approximate surface area is 490 Å². The Morgan fingerprint density at radius 3 is 2.15 bits per heavy atom. The lowest BCUT2D eigenvalue weighted by Crippen LogP contribution is -2.49. The molecular formula is C63H64F5N7O7S2. The monoisotopic (exact) mass is 1190 g/mol. The van der Waals surface area contributed by atoms with Crippen LogP contribution in [0.3, 0.4) is 0 Å². The molecule has 10 rings (SSSR count). The number of allylic oxidation sites excluding steroid dienone is 3. The van der Waals surface area contributed by atoms with Gasteiger partial charge in [0.25, 0.3) is 17.7 Å². The number of aromatic nitrogens is 1. The lowest BCUT2D eigenvalue weighted by Gasteiger charge is -2.57.